The van der Waals surface area contributed by atoms with Crippen LogP contribution < -0.4 is 5.73 Å². The Kier molecular flexibility index (Phi) is 8.11. The van der Waals surface area contributed by atoms with Gasteiger partial charge in [-0.3, -0.25) is 0 Å². The van der Waals surface area contributed by atoms with E-state index in [1.165, 1.54) is 62.5 Å². The third-order valence-electron chi connectivity index (χ3n) is 5.56. The van der Waals surface area contributed by atoms with Crippen LogP contribution in [0.5, 0.6) is 0 Å². The molecule has 0 saturated carbocycles. The van der Waals surface area contributed by atoms with Gasteiger partial charge in [-0.15, -0.1) is 0 Å². The minimum atomic E-state index is 0.229. The monoisotopic (exact) mass is 317 g/mol. The van der Waals surface area contributed by atoms with E-state index in [1.807, 2.05) is 0 Å². The summed E-state index contributed by atoms with van der Waals surface area (Å²) in [4.78, 5) is 0. The van der Waals surface area contributed by atoms with Gasteiger partial charge in [0.1, 0.15) is 0 Å². The summed E-state index contributed by atoms with van der Waals surface area (Å²) in [5.74, 6) is 0.827. The molecule has 2 unspecified atom stereocenters. The van der Waals surface area contributed by atoms with Crippen molar-refractivity contribution in [1.82, 2.24) is 0 Å². The third-order valence-corrected chi connectivity index (χ3v) is 5.56. The van der Waals surface area contributed by atoms with E-state index >= 15 is 0 Å². The number of aliphatic hydroxyl groups excluding tert-OH is 1. The van der Waals surface area contributed by atoms with Gasteiger partial charge in [-0.1, -0.05) is 57.2 Å². The number of aliphatic hydroxyl groups is 1. The van der Waals surface area contributed by atoms with E-state index in [-0.39, 0.29) is 12.5 Å². The van der Waals surface area contributed by atoms with Gasteiger partial charge < -0.3 is 10.8 Å². The molecule has 23 heavy (non-hydrogen) atoms. The molecular weight excluding hydrogens is 282 g/mol. The highest BCUT2D eigenvalue weighted by atomic mass is 16.3. The lowest BCUT2D eigenvalue weighted by molar-refractivity contribution is 0.169. The second kappa shape index (κ2) is 10.1. The smallest absolute Gasteiger partial charge is 0.0474 e. The van der Waals surface area contributed by atoms with Gasteiger partial charge in [-0.2, -0.15) is 0 Å². The first kappa shape index (κ1) is 18.5. The number of hydrogen-bond donors (Lipinski definition) is 2. The van der Waals surface area contributed by atoms with Crippen LogP contribution in [0.2, 0.25) is 0 Å². The predicted octanol–water partition coefficient (Wildman–Crippen LogP) is 4.26. The summed E-state index contributed by atoms with van der Waals surface area (Å²) < 4.78 is 0. The summed E-state index contributed by atoms with van der Waals surface area (Å²) in [6.45, 7) is 3.10. The Morgan fingerprint density at radius 3 is 2.65 bits per heavy atom. The number of hydrogen-bond acceptors (Lipinski definition) is 2. The molecule has 0 spiro atoms. The Morgan fingerprint density at radius 1 is 1.13 bits per heavy atom. The zero-order chi connectivity index (χ0) is 16.5. The molecule has 2 atom stereocenters. The van der Waals surface area contributed by atoms with Crippen LogP contribution in [-0.2, 0) is 19.3 Å². The number of unbranched alkanes of at least 4 members (excludes halogenated alkanes) is 5. The molecule has 0 aromatic heterocycles. The number of aryl methyl sites for hydroxylation is 2. The first-order chi connectivity index (χ1) is 11.3. The van der Waals surface area contributed by atoms with E-state index in [1.54, 1.807) is 5.56 Å². The van der Waals surface area contributed by atoms with Crippen LogP contribution in [0, 0.1) is 11.8 Å². The van der Waals surface area contributed by atoms with E-state index in [0.29, 0.717) is 12.5 Å². The first-order valence-electron chi connectivity index (χ1n) is 9.70. The molecule has 0 heterocycles. The topological polar surface area (TPSA) is 46.2 Å². The van der Waals surface area contributed by atoms with Gasteiger partial charge in [0.25, 0.3) is 0 Å². The molecule has 0 radical (unpaired) electrons. The summed E-state index contributed by atoms with van der Waals surface area (Å²) in [6, 6.07) is 7.09. The second-order valence-corrected chi connectivity index (χ2v) is 7.30. The number of nitrogens with two attached hydrogens (primary N) is 1. The molecule has 1 aliphatic carbocycles. The van der Waals surface area contributed by atoms with Gasteiger partial charge in [-0.05, 0) is 67.2 Å². The minimum absolute atomic E-state index is 0.229. The Hall–Kier alpha value is -0.860. The molecule has 0 aliphatic heterocycles. The van der Waals surface area contributed by atoms with E-state index in [2.05, 4.69) is 25.1 Å². The highest BCUT2D eigenvalue weighted by molar-refractivity contribution is 5.34. The lowest BCUT2D eigenvalue weighted by Gasteiger charge is -2.30. The highest BCUT2D eigenvalue weighted by Gasteiger charge is 2.25. The summed E-state index contributed by atoms with van der Waals surface area (Å²) in [5, 5.41) is 9.46. The van der Waals surface area contributed by atoms with Crippen LogP contribution in [-0.4, -0.2) is 18.3 Å². The van der Waals surface area contributed by atoms with Gasteiger partial charge in [0, 0.05) is 6.61 Å². The average Bonchev–Trinajstić information content (AvgIpc) is 2.59. The zero-order valence-corrected chi connectivity index (χ0v) is 14.9. The molecule has 1 aromatic carbocycles. The standard InChI is InChI=1S/C21H35NO/c1-2-3-4-5-6-7-8-17-9-10-19-14-20(21(15-22)16-23)12-11-18(19)13-17/h9-10,13,20-21,23H,2-8,11-12,14-16,22H2,1H3. The largest absolute Gasteiger partial charge is 0.396 e. The van der Waals surface area contributed by atoms with Gasteiger partial charge in [0.15, 0.2) is 0 Å². The molecule has 3 N–H and O–H groups in total. The van der Waals surface area contributed by atoms with Crippen LogP contribution in [0.3, 0.4) is 0 Å². The fourth-order valence-electron chi connectivity index (χ4n) is 3.92. The fourth-order valence-corrected chi connectivity index (χ4v) is 3.92. The van der Waals surface area contributed by atoms with Crippen molar-refractivity contribution in [1.29, 1.82) is 0 Å². The van der Waals surface area contributed by atoms with Crippen LogP contribution in [0.25, 0.3) is 0 Å². The van der Waals surface area contributed by atoms with Crippen LogP contribution in [0.15, 0.2) is 18.2 Å². The Balaban J connectivity index is 1.82. The van der Waals surface area contributed by atoms with Crippen molar-refractivity contribution in [2.45, 2.75) is 71.1 Å². The van der Waals surface area contributed by atoms with Crippen molar-refractivity contribution >= 4 is 0 Å². The van der Waals surface area contributed by atoms with Crippen molar-refractivity contribution in [3.8, 4) is 0 Å². The van der Waals surface area contributed by atoms with Crippen LogP contribution in [0.4, 0.5) is 0 Å². The summed E-state index contributed by atoms with van der Waals surface area (Å²) in [6.07, 6.45) is 12.8. The highest BCUT2D eigenvalue weighted by Crippen LogP contribution is 2.31. The van der Waals surface area contributed by atoms with Crippen molar-refractivity contribution in [3.63, 3.8) is 0 Å². The maximum Gasteiger partial charge on any atom is 0.0474 e. The van der Waals surface area contributed by atoms with Gasteiger partial charge in [0.05, 0.1) is 0 Å². The lowest BCUT2D eigenvalue weighted by Crippen LogP contribution is -2.30. The van der Waals surface area contributed by atoms with E-state index < -0.39 is 0 Å². The van der Waals surface area contributed by atoms with Crippen molar-refractivity contribution in [3.05, 3.63) is 34.9 Å². The molecule has 2 heteroatoms. The molecule has 130 valence electrons. The molecule has 0 fully saturated rings. The molecule has 0 saturated heterocycles. The minimum Gasteiger partial charge on any atom is -0.396 e. The lowest BCUT2D eigenvalue weighted by atomic mass is 9.77. The van der Waals surface area contributed by atoms with Crippen molar-refractivity contribution in [2.75, 3.05) is 13.2 Å². The van der Waals surface area contributed by atoms with E-state index in [4.69, 9.17) is 5.73 Å². The normalized spacial score (nSPS) is 18.7. The molecule has 0 amide bonds. The van der Waals surface area contributed by atoms with Crippen LogP contribution in [0.1, 0.15) is 68.6 Å². The number of benzene rings is 1. The Bertz CT molecular complexity index is 453. The van der Waals surface area contributed by atoms with E-state index in [0.717, 1.165) is 12.8 Å². The summed E-state index contributed by atoms with van der Waals surface area (Å²) >= 11 is 0. The second-order valence-electron chi connectivity index (χ2n) is 7.30. The molecular formula is C21H35NO. The number of fused-ring (bicyclic) bond motifs is 1. The maximum absolute atomic E-state index is 9.46. The van der Waals surface area contributed by atoms with Gasteiger partial charge in [-0.25, -0.2) is 0 Å². The predicted molar refractivity (Wildman–Crippen MR) is 98.7 cm³/mol. The van der Waals surface area contributed by atoms with Crippen molar-refractivity contribution < 1.29 is 5.11 Å². The summed E-state index contributed by atoms with van der Waals surface area (Å²) in [5.41, 5.74) is 10.3. The average molecular weight is 318 g/mol. The Labute approximate surface area is 142 Å². The summed E-state index contributed by atoms with van der Waals surface area (Å²) in [7, 11) is 0. The molecule has 0 bridgehead atoms. The Morgan fingerprint density at radius 2 is 1.91 bits per heavy atom. The SMILES string of the molecule is CCCCCCCCc1ccc2c(c1)CCC(C(CN)CO)C2. The van der Waals surface area contributed by atoms with Gasteiger partial charge in [0.2, 0.25) is 0 Å². The zero-order valence-electron chi connectivity index (χ0n) is 14.9. The fraction of sp³-hybridized carbons (Fsp3) is 0.714. The van der Waals surface area contributed by atoms with Crippen LogP contribution >= 0.6 is 0 Å². The van der Waals surface area contributed by atoms with Gasteiger partial charge >= 0.3 is 0 Å². The van der Waals surface area contributed by atoms with Crippen molar-refractivity contribution in [2.24, 2.45) is 17.6 Å². The molecule has 2 nitrogen and oxygen atoms in total. The quantitative estimate of drug-likeness (QED) is 0.633. The molecule has 1 aliphatic rings. The first-order valence-corrected chi connectivity index (χ1v) is 9.70. The maximum atomic E-state index is 9.46. The number of rotatable bonds is 10. The van der Waals surface area contributed by atoms with E-state index in [9.17, 15) is 5.11 Å². The third kappa shape index (κ3) is 5.61. The molecule has 1 aromatic rings. The molecule has 2 rings (SSSR count).